The minimum Gasteiger partial charge on any atom is -0.394 e. The maximum absolute atomic E-state index is 13.9. The first-order chi connectivity index (χ1) is 13.3. The molecule has 5 nitrogen and oxygen atoms in total. The highest BCUT2D eigenvalue weighted by atomic mass is 32.2. The fourth-order valence-electron chi connectivity index (χ4n) is 2.69. The Bertz CT molecular complexity index is 1090. The zero-order valence-electron chi connectivity index (χ0n) is 14.6. The molecule has 146 valence electrons. The topological polar surface area (TPSA) is 92.4 Å². The fraction of sp³-hybridized carbons (Fsp3) is 0.100. The van der Waals surface area contributed by atoms with Gasteiger partial charge in [-0.15, -0.1) is 0 Å². The third-order valence-electron chi connectivity index (χ3n) is 4.17. The summed E-state index contributed by atoms with van der Waals surface area (Å²) in [5.41, 5.74) is 7.23. The molecule has 4 N–H and O–H groups in total. The summed E-state index contributed by atoms with van der Waals surface area (Å²) in [6.07, 6.45) is 0. The third kappa shape index (κ3) is 4.36. The normalized spacial score (nSPS) is 12.6. The Labute approximate surface area is 161 Å². The highest BCUT2D eigenvalue weighted by molar-refractivity contribution is 7.92. The van der Waals surface area contributed by atoms with Crippen LogP contribution in [0.15, 0.2) is 71.6 Å². The number of anilines is 1. The Balaban J connectivity index is 1.85. The minimum absolute atomic E-state index is 0.0179. The van der Waals surface area contributed by atoms with Crippen molar-refractivity contribution < 1.29 is 22.3 Å². The maximum atomic E-state index is 13.9. The summed E-state index contributed by atoms with van der Waals surface area (Å²) in [6, 6.07) is 14.6. The van der Waals surface area contributed by atoms with E-state index in [2.05, 4.69) is 4.72 Å². The van der Waals surface area contributed by atoms with Crippen molar-refractivity contribution in [2.45, 2.75) is 10.9 Å². The standard InChI is InChI=1S/C20H18F2N2O3S/c21-15-6-9-18(19(22)11-15)13-4-7-17(8-5-13)28(26,27)24-16-3-1-2-14(10-16)20(23)12-25/h1-11,20,24-25H,12,23H2/t20-/m1/s1. The fourth-order valence-corrected chi connectivity index (χ4v) is 3.74. The van der Waals surface area contributed by atoms with Gasteiger partial charge in [-0.05, 0) is 47.5 Å². The van der Waals surface area contributed by atoms with Gasteiger partial charge in [0.2, 0.25) is 0 Å². The number of nitrogens with two attached hydrogens (primary N) is 1. The van der Waals surface area contributed by atoms with Crippen LogP contribution >= 0.6 is 0 Å². The molecule has 3 aromatic rings. The van der Waals surface area contributed by atoms with Gasteiger partial charge in [-0.1, -0.05) is 24.3 Å². The molecule has 0 amide bonds. The molecular weight excluding hydrogens is 386 g/mol. The molecule has 0 aromatic heterocycles. The van der Waals surface area contributed by atoms with E-state index in [4.69, 9.17) is 10.8 Å². The molecule has 0 saturated carbocycles. The predicted molar refractivity (Wildman–Crippen MR) is 103 cm³/mol. The molecule has 0 aliphatic carbocycles. The van der Waals surface area contributed by atoms with Crippen molar-refractivity contribution in [2.75, 3.05) is 11.3 Å². The second-order valence-corrected chi connectivity index (χ2v) is 7.85. The zero-order chi connectivity index (χ0) is 20.3. The largest absolute Gasteiger partial charge is 0.394 e. The van der Waals surface area contributed by atoms with Crippen LogP contribution in [-0.4, -0.2) is 20.1 Å². The number of hydrogen-bond donors (Lipinski definition) is 3. The molecule has 0 spiro atoms. The van der Waals surface area contributed by atoms with Crippen molar-refractivity contribution in [3.63, 3.8) is 0 Å². The van der Waals surface area contributed by atoms with E-state index in [-0.39, 0.29) is 17.1 Å². The summed E-state index contributed by atoms with van der Waals surface area (Å²) in [6.45, 7) is -0.266. The monoisotopic (exact) mass is 404 g/mol. The summed E-state index contributed by atoms with van der Waals surface area (Å²) in [4.78, 5) is -0.0179. The molecule has 0 fully saturated rings. The van der Waals surface area contributed by atoms with Crippen molar-refractivity contribution >= 4 is 15.7 Å². The van der Waals surface area contributed by atoms with Gasteiger partial charge in [0.05, 0.1) is 17.5 Å². The number of nitrogens with one attached hydrogen (secondary N) is 1. The second-order valence-electron chi connectivity index (χ2n) is 6.17. The van der Waals surface area contributed by atoms with E-state index < -0.39 is 27.7 Å². The third-order valence-corrected chi connectivity index (χ3v) is 5.57. The Kier molecular flexibility index (Phi) is 5.73. The van der Waals surface area contributed by atoms with E-state index in [9.17, 15) is 17.2 Å². The van der Waals surface area contributed by atoms with Crippen LogP contribution in [-0.2, 0) is 10.0 Å². The van der Waals surface area contributed by atoms with Gasteiger partial charge in [-0.25, -0.2) is 17.2 Å². The van der Waals surface area contributed by atoms with Gasteiger partial charge in [0, 0.05) is 17.3 Å². The maximum Gasteiger partial charge on any atom is 0.261 e. The second kappa shape index (κ2) is 8.05. The molecule has 1 atom stereocenters. The molecule has 8 heteroatoms. The van der Waals surface area contributed by atoms with Gasteiger partial charge in [-0.2, -0.15) is 0 Å². The molecule has 0 radical (unpaired) electrons. The Hall–Kier alpha value is -2.81. The van der Waals surface area contributed by atoms with E-state index in [0.717, 1.165) is 12.1 Å². The Morgan fingerprint density at radius 2 is 1.71 bits per heavy atom. The van der Waals surface area contributed by atoms with E-state index in [0.29, 0.717) is 16.8 Å². The van der Waals surface area contributed by atoms with Crippen LogP contribution in [0, 0.1) is 11.6 Å². The van der Waals surface area contributed by atoms with Gasteiger partial charge in [0.15, 0.2) is 0 Å². The smallest absolute Gasteiger partial charge is 0.261 e. The van der Waals surface area contributed by atoms with Gasteiger partial charge in [0.25, 0.3) is 10.0 Å². The first-order valence-corrected chi connectivity index (χ1v) is 9.83. The predicted octanol–water partition coefficient (Wildman–Crippen LogP) is 3.42. The van der Waals surface area contributed by atoms with E-state index in [1.165, 1.54) is 30.3 Å². The Morgan fingerprint density at radius 3 is 2.36 bits per heavy atom. The minimum atomic E-state index is -3.89. The lowest BCUT2D eigenvalue weighted by Gasteiger charge is -2.13. The van der Waals surface area contributed by atoms with Gasteiger partial charge < -0.3 is 10.8 Å². The van der Waals surface area contributed by atoms with Crippen LogP contribution in [0.4, 0.5) is 14.5 Å². The summed E-state index contributed by atoms with van der Waals surface area (Å²) in [7, 11) is -3.89. The van der Waals surface area contributed by atoms with Crippen molar-refractivity contribution in [3.8, 4) is 11.1 Å². The number of aliphatic hydroxyl groups is 1. The molecule has 0 aliphatic rings. The number of aliphatic hydroxyl groups excluding tert-OH is 1. The summed E-state index contributed by atoms with van der Waals surface area (Å²) in [5, 5.41) is 9.13. The van der Waals surface area contributed by atoms with Crippen LogP contribution in [0.25, 0.3) is 11.1 Å². The van der Waals surface area contributed by atoms with Crippen LogP contribution in [0.5, 0.6) is 0 Å². The first-order valence-electron chi connectivity index (χ1n) is 8.35. The molecule has 0 unspecified atom stereocenters. The highest BCUT2D eigenvalue weighted by Gasteiger charge is 2.16. The highest BCUT2D eigenvalue weighted by Crippen LogP contribution is 2.26. The summed E-state index contributed by atoms with van der Waals surface area (Å²) in [5.74, 6) is -1.42. The number of halogens is 2. The van der Waals surface area contributed by atoms with Crippen LogP contribution < -0.4 is 10.5 Å². The lowest BCUT2D eigenvalue weighted by atomic mass is 10.1. The van der Waals surface area contributed by atoms with E-state index in [1.807, 2.05) is 0 Å². The zero-order valence-corrected chi connectivity index (χ0v) is 15.5. The molecule has 0 bridgehead atoms. The van der Waals surface area contributed by atoms with Gasteiger partial charge >= 0.3 is 0 Å². The lowest BCUT2D eigenvalue weighted by molar-refractivity contribution is 0.268. The molecule has 0 heterocycles. The number of benzene rings is 3. The average molecular weight is 404 g/mol. The molecular formula is C20H18F2N2O3S. The van der Waals surface area contributed by atoms with Crippen LogP contribution in [0.2, 0.25) is 0 Å². The first kappa shape index (κ1) is 19.9. The lowest BCUT2D eigenvalue weighted by Crippen LogP contribution is -2.16. The molecule has 28 heavy (non-hydrogen) atoms. The number of rotatable bonds is 6. The number of hydrogen-bond acceptors (Lipinski definition) is 4. The van der Waals surface area contributed by atoms with Crippen molar-refractivity contribution in [2.24, 2.45) is 5.73 Å². The van der Waals surface area contributed by atoms with Gasteiger partial charge in [0.1, 0.15) is 11.6 Å². The quantitative estimate of drug-likeness (QED) is 0.587. The van der Waals surface area contributed by atoms with E-state index >= 15 is 0 Å². The summed E-state index contributed by atoms with van der Waals surface area (Å²) >= 11 is 0. The van der Waals surface area contributed by atoms with Crippen molar-refractivity contribution in [3.05, 3.63) is 83.9 Å². The average Bonchev–Trinajstić information content (AvgIpc) is 2.67. The van der Waals surface area contributed by atoms with Crippen LogP contribution in [0.1, 0.15) is 11.6 Å². The van der Waals surface area contributed by atoms with Crippen molar-refractivity contribution in [1.82, 2.24) is 0 Å². The van der Waals surface area contributed by atoms with Crippen LogP contribution in [0.3, 0.4) is 0 Å². The molecule has 0 aliphatic heterocycles. The SMILES string of the molecule is N[C@H](CO)c1cccc(NS(=O)(=O)c2ccc(-c3ccc(F)cc3F)cc2)c1. The van der Waals surface area contributed by atoms with Gasteiger partial charge in [-0.3, -0.25) is 4.72 Å². The summed E-state index contributed by atoms with van der Waals surface area (Å²) < 4.78 is 54.6. The molecule has 3 aromatic carbocycles. The number of sulfonamides is 1. The molecule has 0 saturated heterocycles. The Morgan fingerprint density at radius 1 is 1.00 bits per heavy atom. The van der Waals surface area contributed by atoms with E-state index in [1.54, 1.807) is 24.3 Å². The van der Waals surface area contributed by atoms with Crippen molar-refractivity contribution in [1.29, 1.82) is 0 Å². The molecule has 3 rings (SSSR count).